The van der Waals surface area contributed by atoms with E-state index in [0.29, 0.717) is 21.7 Å². The van der Waals surface area contributed by atoms with Crippen LogP contribution in [0.25, 0.3) is 0 Å². The molecule has 0 fully saturated rings. The first kappa shape index (κ1) is 25.8. The van der Waals surface area contributed by atoms with Crippen molar-refractivity contribution in [2.45, 2.75) is 109 Å². The highest BCUT2D eigenvalue weighted by atomic mass is 14.2. The molecule has 0 aromatic carbocycles. The SMILES string of the molecule is CC(C)(C)C.CC(C)(C)CCC(C)(C)C.[CH2+]C(C)(C)CC. The fraction of sp³-hybridized carbons (Fsp3) is 0.952. The van der Waals surface area contributed by atoms with E-state index in [1.54, 1.807) is 0 Å². The normalized spacial score (nSPS) is 12.8. The van der Waals surface area contributed by atoms with Crippen molar-refractivity contribution < 1.29 is 0 Å². The fourth-order valence-corrected chi connectivity index (χ4v) is 0.750. The lowest BCUT2D eigenvalue weighted by atomic mass is 9.81. The molecule has 0 rings (SSSR count). The summed E-state index contributed by atoms with van der Waals surface area (Å²) >= 11 is 0. The van der Waals surface area contributed by atoms with E-state index in [9.17, 15) is 0 Å². The summed E-state index contributed by atoms with van der Waals surface area (Å²) in [6, 6.07) is 0. The van der Waals surface area contributed by atoms with E-state index in [0.717, 1.165) is 6.42 Å². The Morgan fingerprint density at radius 1 is 0.571 bits per heavy atom. The zero-order valence-electron chi connectivity index (χ0n) is 17.8. The van der Waals surface area contributed by atoms with Crippen LogP contribution in [0, 0.1) is 28.6 Å². The van der Waals surface area contributed by atoms with Crippen molar-refractivity contribution in [2.75, 3.05) is 0 Å². The molecule has 0 aliphatic carbocycles. The summed E-state index contributed by atoms with van der Waals surface area (Å²) in [5.41, 5.74) is 1.81. The van der Waals surface area contributed by atoms with Gasteiger partial charge < -0.3 is 0 Å². The molecular formula is C21H47+. The summed E-state index contributed by atoms with van der Waals surface area (Å²) in [6.45, 7) is 32.9. The molecule has 0 heterocycles. The molecule has 0 aromatic rings. The van der Waals surface area contributed by atoms with E-state index in [-0.39, 0.29) is 0 Å². The topological polar surface area (TPSA) is 0 Å². The van der Waals surface area contributed by atoms with Crippen LogP contribution in [0.4, 0.5) is 0 Å². The maximum Gasteiger partial charge on any atom is 0.0995 e. The molecule has 0 aromatic heterocycles. The molecule has 0 amide bonds. The minimum atomic E-state index is 0.292. The Hall–Kier alpha value is -0.130. The van der Waals surface area contributed by atoms with Crippen LogP contribution in [0.1, 0.15) is 109 Å². The molecular weight excluding hydrogens is 252 g/mol. The van der Waals surface area contributed by atoms with Gasteiger partial charge in [0.05, 0.1) is 12.3 Å². The number of hydrogen-bond donors (Lipinski definition) is 0. The second kappa shape index (κ2) is 9.80. The lowest BCUT2D eigenvalue weighted by Gasteiger charge is -2.24. The Balaban J connectivity index is -0.000000252. The highest BCUT2D eigenvalue weighted by molar-refractivity contribution is 4.68. The van der Waals surface area contributed by atoms with Gasteiger partial charge in [-0.3, -0.25) is 0 Å². The van der Waals surface area contributed by atoms with Crippen molar-refractivity contribution in [3.05, 3.63) is 6.92 Å². The van der Waals surface area contributed by atoms with Gasteiger partial charge in [-0.05, 0) is 49.4 Å². The van der Waals surface area contributed by atoms with Crippen molar-refractivity contribution in [3.63, 3.8) is 0 Å². The molecule has 21 heavy (non-hydrogen) atoms. The molecule has 0 unspecified atom stereocenters. The zero-order valence-corrected chi connectivity index (χ0v) is 17.8. The first-order valence-electron chi connectivity index (χ1n) is 8.62. The van der Waals surface area contributed by atoms with Crippen LogP contribution < -0.4 is 0 Å². The second-order valence-electron chi connectivity index (χ2n) is 11.1. The molecule has 0 bridgehead atoms. The van der Waals surface area contributed by atoms with Gasteiger partial charge in [-0.2, -0.15) is 0 Å². The van der Waals surface area contributed by atoms with Crippen LogP contribution in [-0.2, 0) is 0 Å². The highest BCUT2D eigenvalue weighted by Crippen LogP contribution is 2.29. The van der Waals surface area contributed by atoms with Gasteiger partial charge in [-0.15, -0.1) is 0 Å². The predicted molar refractivity (Wildman–Crippen MR) is 103 cm³/mol. The Bertz CT molecular complexity index is 199. The van der Waals surface area contributed by atoms with Crippen molar-refractivity contribution in [2.24, 2.45) is 21.7 Å². The maximum absolute atomic E-state index is 3.89. The van der Waals surface area contributed by atoms with Crippen molar-refractivity contribution in [1.29, 1.82) is 0 Å². The molecule has 0 aliphatic heterocycles. The predicted octanol–water partition coefficient (Wildman–Crippen LogP) is 8.17. The van der Waals surface area contributed by atoms with Crippen molar-refractivity contribution in [1.82, 2.24) is 0 Å². The standard InChI is InChI=1S/C10H22.C6H13.C5H12/c1-9(2,3)7-8-10(4,5)6;1-5-6(2,3)4;1-5(2,3)4/h7-8H2,1-6H3;2,5H2,1,3-4H3;1-4H3/q;+1;. The monoisotopic (exact) mass is 299 g/mol. The summed E-state index contributed by atoms with van der Waals surface area (Å²) in [5, 5.41) is 0. The third kappa shape index (κ3) is 65.1. The van der Waals surface area contributed by atoms with Gasteiger partial charge >= 0.3 is 0 Å². The first-order chi connectivity index (χ1) is 8.77. The van der Waals surface area contributed by atoms with Crippen LogP contribution in [0.3, 0.4) is 0 Å². The smallest absolute Gasteiger partial charge is 0.0608 e. The molecule has 0 radical (unpaired) electrons. The summed E-state index contributed by atoms with van der Waals surface area (Å²) in [7, 11) is 0. The summed E-state index contributed by atoms with van der Waals surface area (Å²) in [4.78, 5) is 0. The summed E-state index contributed by atoms with van der Waals surface area (Å²) in [5.74, 6) is 0. The van der Waals surface area contributed by atoms with Gasteiger partial charge in [0.1, 0.15) is 0 Å². The first-order valence-corrected chi connectivity index (χ1v) is 8.62. The Kier molecular flexibility index (Phi) is 12.0. The van der Waals surface area contributed by atoms with Crippen LogP contribution in [0.2, 0.25) is 0 Å². The van der Waals surface area contributed by atoms with Gasteiger partial charge in [-0.1, -0.05) is 76.2 Å². The van der Waals surface area contributed by atoms with Crippen LogP contribution in [0.15, 0.2) is 0 Å². The van der Waals surface area contributed by atoms with Gasteiger partial charge in [0.2, 0.25) is 0 Å². The average molecular weight is 300 g/mol. The maximum atomic E-state index is 3.89. The van der Waals surface area contributed by atoms with Crippen molar-refractivity contribution in [3.8, 4) is 0 Å². The molecule has 0 heteroatoms. The zero-order chi connectivity index (χ0) is 18.1. The highest BCUT2D eigenvalue weighted by Gasteiger charge is 2.16. The van der Waals surface area contributed by atoms with Gasteiger partial charge in [0.15, 0.2) is 0 Å². The van der Waals surface area contributed by atoms with E-state index < -0.39 is 0 Å². The van der Waals surface area contributed by atoms with E-state index in [1.165, 1.54) is 12.8 Å². The van der Waals surface area contributed by atoms with Crippen LogP contribution >= 0.6 is 0 Å². The third-order valence-electron chi connectivity index (χ3n) is 2.58. The molecule has 0 N–H and O–H groups in total. The lowest BCUT2D eigenvalue weighted by Crippen LogP contribution is -2.12. The largest absolute Gasteiger partial charge is 0.0995 e. The molecule has 0 saturated heterocycles. The minimum absolute atomic E-state index is 0.292. The van der Waals surface area contributed by atoms with E-state index in [4.69, 9.17) is 0 Å². The van der Waals surface area contributed by atoms with Gasteiger partial charge in [-0.25, -0.2) is 0 Å². The minimum Gasteiger partial charge on any atom is -0.0608 e. The van der Waals surface area contributed by atoms with Crippen LogP contribution in [0.5, 0.6) is 0 Å². The Morgan fingerprint density at radius 3 is 0.762 bits per heavy atom. The molecule has 130 valence electrons. The molecule has 0 nitrogen and oxygen atoms in total. The Morgan fingerprint density at radius 2 is 0.714 bits per heavy atom. The average Bonchev–Trinajstić information content (AvgIpc) is 2.10. The molecule has 0 aliphatic rings. The van der Waals surface area contributed by atoms with E-state index >= 15 is 0 Å². The van der Waals surface area contributed by atoms with Crippen LogP contribution in [-0.4, -0.2) is 0 Å². The van der Waals surface area contributed by atoms with E-state index in [1.807, 2.05) is 0 Å². The third-order valence-corrected chi connectivity index (χ3v) is 2.58. The second-order valence-corrected chi connectivity index (χ2v) is 11.1. The molecule has 0 saturated carbocycles. The Labute approximate surface area is 138 Å². The number of rotatable bonds is 2. The lowest BCUT2D eigenvalue weighted by molar-refractivity contribution is 0.275. The van der Waals surface area contributed by atoms with Gasteiger partial charge in [0, 0.05) is 0 Å². The van der Waals surface area contributed by atoms with Crippen molar-refractivity contribution >= 4 is 0 Å². The number of hydrogen-bond acceptors (Lipinski definition) is 0. The molecule has 0 spiro atoms. The summed E-state index contributed by atoms with van der Waals surface area (Å²) in [6.07, 6.45) is 3.82. The molecule has 0 atom stereocenters. The fourth-order valence-electron chi connectivity index (χ4n) is 0.750. The van der Waals surface area contributed by atoms with E-state index in [2.05, 4.69) is 96.9 Å². The van der Waals surface area contributed by atoms with Gasteiger partial charge in [0.25, 0.3) is 0 Å². The quantitative estimate of drug-likeness (QED) is 0.451. The summed E-state index contributed by atoms with van der Waals surface area (Å²) < 4.78 is 0.